The Kier molecular flexibility index (Phi) is 7.44. The number of allylic oxidation sites excluding steroid dienone is 2. The third-order valence-electron chi connectivity index (χ3n) is 2.60. The van der Waals surface area contributed by atoms with Gasteiger partial charge in [-0.25, -0.2) is 14.7 Å². The van der Waals surface area contributed by atoms with Gasteiger partial charge in [0.1, 0.15) is 5.75 Å². The van der Waals surface area contributed by atoms with Gasteiger partial charge in [0.15, 0.2) is 0 Å². The zero-order valence-electron chi connectivity index (χ0n) is 13.2. The Bertz CT molecular complexity index is 504. The standard InChI is InChI=1S/C16H25N2O2P/c1-14(2)10-12-17-21(19,18-13-11-15(3)4)20-16-8-6-5-7-9-16/h5-11H,12-13H2,1-4H3,(H2,17,18,19). The second kappa shape index (κ2) is 8.83. The van der Waals surface area contributed by atoms with Gasteiger partial charge in [-0.05, 0) is 39.8 Å². The topological polar surface area (TPSA) is 50.4 Å². The van der Waals surface area contributed by atoms with Gasteiger partial charge in [0.25, 0.3) is 0 Å². The van der Waals surface area contributed by atoms with E-state index in [1.165, 1.54) is 0 Å². The summed E-state index contributed by atoms with van der Waals surface area (Å²) in [5.41, 5.74) is 2.33. The third kappa shape index (κ3) is 7.86. The molecule has 0 aromatic heterocycles. The molecular weight excluding hydrogens is 283 g/mol. The van der Waals surface area contributed by atoms with Crippen molar-refractivity contribution in [1.82, 2.24) is 10.2 Å². The van der Waals surface area contributed by atoms with Gasteiger partial charge in [-0.1, -0.05) is 41.5 Å². The second-order valence-electron chi connectivity index (χ2n) is 5.24. The van der Waals surface area contributed by atoms with Gasteiger partial charge in [0.2, 0.25) is 0 Å². The number of para-hydroxylation sites is 1. The number of benzene rings is 1. The molecule has 5 heteroatoms. The van der Waals surface area contributed by atoms with Crippen LogP contribution in [-0.4, -0.2) is 13.1 Å². The lowest BCUT2D eigenvalue weighted by atomic mass is 10.3. The molecule has 0 bridgehead atoms. The first-order valence-corrected chi connectivity index (χ1v) is 8.65. The fourth-order valence-electron chi connectivity index (χ4n) is 1.49. The quantitative estimate of drug-likeness (QED) is 0.556. The van der Waals surface area contributed by atoms with Crippen LogP contribution >= 0.6 is 7.67 Å². The predicted octanol–water partition coefficient (Wildman–Crippen LogP) is 4.29. The molecule has 0 aliphatic carbocycles. The van der Waals surface area contributed by atoms with Gasteiger partial charge in [-0.2, -0.15) is 0 Å². The first kappa shape index (κ1) is 17.7. The lowest BCUT2D eigenvalue weighted by Crippen LogP contribution is -2.26. The summed E-state index contributed by atoms with van der Waals surface area (Å²) in [6.07, 6.45) is 3.95. The molecule has 4 nitrogen and oxygen atoms in total. The maximum atomic E-state index is 12.8. The lowest BCUT2D eigenvalue weighted by Gasteiger charge is -2.20. The zero-order valence-corrected chi connectivity index (χ0v) is 14.1. The Labute approximate surface area is 127 Å². The summed E-state index contributed by atoms with van der Waals surface area (Å²) in [6.45, 7) is 8.99. The molecule has 21 heavy (non-hydrogen) atoms. The highest BCUT2D eigenvalue weighted by molar-refractivity contribution is 7.55. The van der Waals surface area contributed by atoms with E-state index < -0.39 is 7.67 Å². The highest BCUT2D eigenvalue weighted by Gasteiger charge is 2.22. The van der Waals surface area contributed by atoms with Crippen LogP contribution in [-0.2, 0) is 4.57 Å². The van der Waals surface area contributed by atoms with E-state index in [2.05, 4.69) is 10.2 Å². The van der Waals surface area contributed by atoms with Crippen LogP contribution in [0, 0.1) is 0 Å². The average molecular weight is 308 g/mol. The summed E-state index contributed by atoms with van der Waals surface area (Å²) in [4.78, 5) is 0. The SMILES string of the molecule is CC(C)=CCNP(=O)(NCC=C(C)C)Oc1ccccc1. The number of nitrogens with one attached hydrogen (secondary N) is 2. The van der Waals surface area contributed by atoms with Crippen molar-refractivity contribution in [3.05, 3.63) is 53.6 Å². The molecule has 2 N–H and O–H groups in total. The zero-order chi connectivity index (χ0) is 15.7. The van der Waals surface area contributed by atoms with Gasteiger partial charge >= 0.3 is 7.67 Å². The Morgan fingerprint density at radius 3 is 1.90 bits per heavy atom. The molecule has 0 atom stereocenters. The third-order valence-corrected chi connectivity index (χ3v) is 4.26. The maximum Gasteiger partial charge on any atom is 0.391 e. The Balaban J connectivity index is 2.75. The summed E-state index contributed by atoms with van der Waals surface area (Å²) >= 11 is 0. The van der Waals surface area contributed by atoms with Crippen LogP contribution in [0.3, 0.4) is 0 Å². The minimum absolute atomic E-state index is 0.494. The van der Waals surface area contributed by atoms with E-state index in [1.807, 2.05) is 58.0 Å². The van der Waals surface area contributed by atoms with E-state index in [1.54, 1.807) is 12.1 Å². The van der Waals surface area contributed by atoms with Gasteiger partial charge in [-0.15, -0.1) is 0 Å². The molecule has 0 saturated heterocycles. The van der Waals surface area contributed by atoms with Gasteiger partial charge in [-0.3, -0.25) is 0 Å². The maximum absolute atomic E-state index is 12.8. The summed E-state index contributed by atoms with van der Waals surface area (Å²) in [6, 6.07) is 9.18. The summed E-state index contributed by atoms with van der Waals surface area (Å²) < 4.78 is 18.5. The number of rotatable bonds is 8. The minimum Gasteiger partial charge on any atom is -0.422 e. The van der Waals surface area contributed by atoms with E-state index in [4.69, 9.17) is 4.52 Å². The Morgan fingerprint density at radius 2 is 1.48 bits per heavy atom. The minimum atomic E-state index is -3.14. The van der Waals surface area contributed by atoms with Gasteiger partial charge in [0.05, 0.1) is 0 Å². The van der Waals surface area contributed by atoms with E-state index in [0.29, 0.717) is 18.8 Å². The largest absolute Gasteiger partial charge is 0.422 e. The van der Waals surface area contributed by atoms with Crippen molar-refractivity contribution in [1.29, 1.82) is 0 Å². The fraction of sp³-hybridized carbons (Fsp3) is 0.375. The molecule has 0 heterocycles. The summed E-state index contributed by atoms with van der Waals surface area (Å²) in [5, 5.41) is 5.93. The van der Waals surface area contributed by atoms with E-state index in [9.17, 15) is 4.57 Å². The van der Waals surface area contributed by atoms with Crippen molar-refractivity contribution in [2.75, 3.05) is 13.1 Å². The van der Waals surface area contributed by atoms with Crippen LogP contribution in [0.1, 0.15) is 27.7 Å². The molecule has 0 saturated carbocycles. The summed E-state index contributed by atoms with van der Waals surface area (Å²) in [7, 11) is -3.14. The normalized spacial score (nSPS) is 10.9. The molecule has 0 aliphatic rings. The molecule has 0 aliphatic heterocycles. The molecule has 0 amide bonds. The van der Waals surface area contributed by atoms with Crippen molar-refractivity contribution < 1.29 is 9.09 Å². The van der Waals surface area contributed by atoms with Gasteiger partial charge < -0.3 is 4.52 Å². The van der Waals surface area contributed by atoms with Crippen molar-refractivity contribution in [2.45, 2.75) is 27.7 Å². The Hall–Kier alpha value is -1.35. The predicted molar refractivity (Wildman–Crippen MR) is 89.5 cm³/mol. The number of hydrogen-bond donors (Lipinski definition) is 2. The monoisotopic (exact) mass is 308 g/mol. The van der Waals surface area contributed by atoms with Crippen molar-refractivity contribution in [3.8, 4) is 5.75 Å². The van der Waals surface area contributed by atoms with E-state index >= 15 is 0 Å². The van der Waals surface area contributed by atoms with E-state index in [-0.39, 0.29) is 0 Å². The molecule has 0 fully saturated rings. The average Bonchev–Trinajstić information content (AvgIpc) is 2.38. The highest BCUT2D eigenvalue weighted by atomic mass is 31.2. The van der Waals surface area contributed by atoms with Crippen LogP contribution in [0.2, 0.25) is 0 Å². The Morgan fingerprint density at radius 1 is 1.00 bits per heavy atom. The van der Waals surface area contributed by atoms with Crippen LogP contribution < -0.4 is 14.7 Å². The number of hydrogen-bond acceptors (Lipinski definition) is 2. The van der Waals surface area contributed by atoms with Gasteiger partial charge in [0, 0.05) is 13.1 Å². The molecular formula is C16H25N2O2P. The first-order chi connectivity index (χ1) is 9.91. The first-order valence-electron chi connectivity index (χ1n) is 7.03. The van der Waals surface area contributed by atoms with Crippen molar-refractivity contribution in [2.24, 2.45) is 0 Å². The summed E-state index contributed by atoms with van der Waals surface area (Å²) in [5.74, 6) is 0.579. The molecule has 1 rings (SSSR count). The van der Waals surface area contributed by atoms with Crippen LogP contribution in [0.4, 0.5) is 0 Å². The molecule has 0 spiro atoms. The molecule has 1 aromatic carbocycles. The fourth-order valence-corrected chi connectivity index (χ4v) is 2.81. The second-order valence-corrected chi connectivity index (χ2v) is 7.16. The molecule has 1 aromatic rings. The van der Waals surface area contributed by atoms with Crippen LogP contribution in [0.5, 0.6) is 5.75 Å². The smallest absolute Gasteiger partial charge is 0.391 e. The lowest BCUT2D eigenvalue weighted by molar-refractivity contribution is 0.457. The van der Waals surface area contributed by atoms with Crippen LogP contribution in [0.15, 0.2) is 53.6 Å². The molecule has 116 valence electrons. The highest BCUT2D eigenvalue weighted by Crippen LogP contribution is 2.38. The van der Waals surface area contributed by atoms with Crippen molar-refractivity contribution in [3.63, 3.8) is 0 Å². The molecule has 0 unspecified atom stereocenters. The van der Waals surface area contributed by atoms with Crippen molar-refractivity contribution >= 4 is 7.67 Å². The van der Waals surface area contributed by atoms with E-state index in [0.717, 1.165) is 11.1 Å². The van der Waals surface area contributed by atoms with Crippen LogP contribution in [0.25, 0.3) is 0 Å². The molecule has 0 radical (unpaired) electrons.